The van der Waals surface area contributed by atoms with E-state index in [1.165, 1.54) is 6.42 Å². The van der Waals surface area contributed by atoms with E-state index in [0.29, 0.717) is 23.5 Å². The molecule has 2 aliphatic rings. The number of benzene rings is 1. The quantitative estimate of drug-likeness (QED) is 0.859. The summed E-state index contributed by atoms with van der Waals surface area (Å²) in [5.74, 6) is 0.778. The summed E-state index contributed by atoms with van der Waals surface area (Å²) in [4.78, 5) is 25.4. The molecule has 0 spiro atoms. The van der Waals surface area contributed by atoms with Gasteiger partial charge in [0.2, 0.25) is 12.7 Å². The number of carbonyl (C=O) groups excluding carboxylic acids is 2. The van der Waals surface area contributed by atoms with Crippen LogP contribution in [0, 0.1) is 0 Å². The van der Waals surface area contributed by atoms with Crippen molar-refractivity contribution in [3.63, 3.8) is 0 Å². The largest absolute Gasteiger partial charge is 0.454 e. The fourth-order valence-electron chi connectivity index (χ4n) is 3.26. The standard InChI is InChI=1S/C19H26N2O4/c1-3-19(2,18(23)20-14-7-5-4-6-8-14)21-17(22)13-9-10-15-16(11-13)25-12-24-15/h9-11,14H,3-8,12H2,1-2H3,(H,20,23)(H,21,22)/t19-/m1/s1. The average molecular weight is 346 g/mol. The molecule has 6 heteroatoms. The highest BCUT2D eigenvalue weighted by molar-refractivity contribution is 5.99. The first-order chi connectivity index (χ1) is 12.0. The van der Waals surface area contributed by atoms with Gasteiger partial charge in [-0.15, -0.1) is 0 Å². The van der Waals surface area contributed by atoms with Crippen molar-refractivity contribution >= 4 is 11.8 Å². The van der Waals surface area contributed by atoms with Crippen LogP contribution in [-0.4, -0.2) is 30.2 Å². The Balaban J connectivity index is 1.66. The van der Waals surface area contributed by atoms with Crippen molar-refractivity contribution in [2.75, 3.05) is 6.79 Å². The number of nitrogens with one attached hydrogen (secondary N) is 2. The van der Waals surface area contributed by atoms with Crippen LogP contribution in [0.4, 0.5) is 0 Å². The molecule has 0 radical (unpaired) electrons. The van der Waals surface area contributed by atoms with Crippen molar-refractivity contribution in [2.24, 2.45) is 0 Å². The van der Waals surface area contributed by atoms with E-state index in [2.05, 4.69) is 10.6 Å². The fourth-order valence-corrected chi connectivity index (χ4v) is 3.26. The molecular formula is C19H26N2O4. The summed E-state index contributed by atoms with van der Waals surface area (Å²) in [5, 5.41) is 6.00. The Bertz CT molecular complexity index is 655. The molecule has 2 amide bonds. The van der Waals surface area contributed by atoms with E-state index in [1.807, 2.05) is 6.92 Å². The highest BCUT2D eigenvalue weighted by Crippen LogP contribution is 2.32. The van der Waals surface area contributed by atoms with E-state index in [4.69, 9.17) is 9.47 Å². The third-order valence-corrected chi connectivity index (χ3v) is 5.17. The molecule has 2 N–H and O–H groups in total. The molecule has 0 saturated heterocycles. The first-order valence-corrected chi connectivity index (χ1v) is 9.05. The number of fused-ring (bicyclic) bond motifs is 1. The van der Waals surface area contributed by atoms with Gasteiger partial charge in [0.1, 0.15) is 5.54 Å². The lowest BCUT2D eigenvalue weighted by molar-refractivity contribution is -0.127. The van der Waals surface area contributed by atoms with Crippen LogP contribution in [0.3, 0.4) is 0 Å². The van der Waals surface area contributed by atoms with Crippen LogP contribution in [0.2, 0.25) is 0 Å². The molecule has 0 unspecified atom stereocenters. The highest BCUT2D eigenvalue weighted by Gasteiger charge is 2.35. The highest BCUT2D eigenvalue weighted by atomic mass is 16.7. The van der Waals surface area contributed by atoms with Crippen LogP contribution in [0.1, 0.15) is 62.7 Å². The summed E-state index contributed by atoms with van der Waals surface area (Å²) in [5.41, 5.74) is -0.486. The molecule has 1 aliphatic heterocycles. The van der Waals surface area contributed by atoms with Gasteiger partial charge in [0.15, 0.2) is 11.5 Å². The van der Waals surface area contributed by atoms with Crippen LogP contribution in [0.15, 0.2) is 18.2 Å². The molecule has 3 rings (SSSR count). The molecule has 1 fully saturated rings. The number of hydrogen-bond donors (Lipinski definition) is 2. The smallest absolute Gasteiger partial charge is 0.252 e. The lowest BCUT2D eigenvalue weighted by atomic mass is 9.92. The van der Waals surface area contributed by atoms with Gasteiger partial charge >= 0.3 is 0 Å². The second-order valence-electron chi connectivity index (χ2n) is 7.02. The van der Waals surface area contributed by atoms with Gasteiger partial charge in [0.05, 0.1) is 0 Å². The van der Waals surface area contributed by atoms with E-state index in [9.17, 15) is 9.59 Å². The van der Waals surface area contributed by atoms with Crippen LogP contribution in [0.5, 0.6) is 11.5 Å². The molecule has 1 aliphatic carbocycles. The van der Waals surface area contributed by atoms with Crippen molar-refractivity contribution in [3.05, 3.63) is 23.8 Å². The van der Waals surface area contributed by atoms with Gasteiger partial charge in [-0.1, -0.05) is 26.2 Å². The average Bonchev–Trinajstić information content (AvgIpc) is 3.10. The van der Waals surface area contributed by atoms with Crippen molar-refractivity contribution < 1.29 is 19.1 Å². The summed E-state index contributed by atoms with van der Waals surface area (Å²) >= 11 is 0. The number of ether oxygens (including phenoxy) is 2. The first-order valence-electron chi connectivity index (χ1n) is 9.05. The number of carbonyl (C=O) groups is 2. The van der Waals surface area contributed by atoms with Crippen LogP contribution in [0.25, 0.3) is 0 Å². The molecule has 0 aromatic heterocycles. The second kappa shape index (κ2) is 7.33. The minimum Gasteiger partial charge on any atom is -0.454 e. The van der Waals surface area contributed by atoms with Gasteiger partial charge in [-0.3, -0.25) is 9.59 Å². The summed E-state index contributed by atoms with van der Waals surface area (Å²) in [7, 11) is 0. The Morgan fingerprint density at radius 2 is 1.88 bits per heavy atom. The van der Waals surface area contributed by atoms with E-state index in [0.717, 1.165) is 25.7 Å². The van der Waals surface area contributed by atoms with Crippen molar-refractivity contribution in [1.82, 2.24) is 10.6 Å². The van der Waals surface area contributed by atoms with Gasteiger partial charge in [0.25, 0.3) is 5.91 Å². The monoisotopic (exact) mass is 346 g/mol. The molecule has 1 aromatic carbocycles. The summed E-state index contributed by atoms with van der Waals surface area (Å²) in [6, 6.07) is 5.25. The Kier molecular flexibility index (Phi) is 5.16. The van der Waals surface area contributed by atoms with Crippen molar-refractivity contribution in [2.45, 2.75) is 64.0 Å². The Morgan fingerprint density at radius 1 is 1.16 bits per heavy atom. The molecule has 1 saturated carbocycles. The second-order valence-corrected chi connectivity index (χ2v) is 7.02. The zero-order valence-electron chi connectivity index (χ0n) is 14.9. The lowest BCUT2D eigenvalue weighted by Crippen LogP contribution is -2.58. The summed E-state index contributed by atoms with van der Waals surface area (Å²) in [6.07, 6.45) is 6.08. The topological polar surface area (TPSA) is 76.7 Å². The van der Waals surface area contributed by atoms with Crippen LogP contribution >= 0.6 is 0 Å². The summed E-state index contributed by atoms with van der Waals surface area (Å²) in [6.45, 7) is 3.84. The lowest BCUT2D eigenvalue weighted by Gasteiger charge is -2.32. The maximum absolute atomic E-state index is 12.7. The van der Waals surface area contributed by atoms with Crippen molar-refractivity contribution in [1.29, 1.82) is 0 Å². The normalized spacial score (nSPS) is 19.1. The molecule has 0 bridgehead atoms. The van der Waals surface area contributed by atoms with Crippen molar-refractivity contribution in [3.8, 4) is 11.5 Å². The maximum atomic E-state index is 12.7. The molecule has 1 heterocycles. The van der Waals surface area contributed by atoms with Gasteiger partial charge in [-0.25, -0.2) is 0 Å². The Labute approximate surface area is 148 Å². The molecule has 1 aromatic rings. The predicted octanol–water partition coefficient (Wildman–Crippen LogP) is 2.76. The van der Waals surface area contributed by atoms with Gasteiger partial charge < -0.3 is 20.1 Å². The van der Waals surface area contributed by atoms with Crippen LogP contribution < -0.4 is 20.1 Å². The SMILES string of the molecule is CC[C@@](C)(NC(=O)c1ccc2c(c1)OCO2)C(=O)NC1CCCCC1. The third-order valence-electron chi connectivity index (χ3n) is 5.17. The van der Waals surface area contributed by atoms with Gasteiger partial charge in [-0.05, 0) is 44.4 Å². The van der Waals surface area contributed by atoms with E-state index in [1.54, 1.807) is 25.1 Å². The molecule has 136 valence electrons. The van der Waals surface area contributed by atoms with Gasteiger partial charge in [0, 0.05) is 11.6 Å². The molecule has 1 atom stereocenters. The Morgan fingerprint density at radius 3 is 2.60 bits per heavy atom. The van der Waals surface area contributed by atoms with Gasteiger partial charge in [-0.2, -0.15) is 0 Å². The minimum atomic E-state index is -0.940. The Hall–Kier alpha value is -2.24. The molecule has 6 nitrogen and oxygen atoms in total. The van der Waals surface area contributed by atoms with E-state index < -0.39 is 5.54 Å². The molecular weight excluding hydrogens is 320 g/mol. The van der Waals surface area contributed by atoms with E-state index >= 15 is 0 Å². The fraction of sp³-hybridized carbons (Fsp3) is 0.579. The zero-order valence-corrected chi connectivity index (χ0v) is 14.9. The number of amides is 2. The minimum absolute atomic E-state index is 0.115. The zero-order chi connectivity index (χ0) is 17.9. The first kappa shape index (κ1) is 17.6. The van der Waals surface area contributed by atoms with Crippen LogP contribution in [-0.2, 0) is 4.79 Å². The molecule has 25 heavy (non-hydrogen) atoms. The third kappa shape index (κ3) is 3.89. The number of hydrogen-bond acceptors (Lipinski definition) is 4. The summed E-state index contributed by atoms with van der Waals surface area (Å²) < 4.78 is 10.6. The maximum Gasteiger partial charge on any atom is 0.252 e. The van der Waals surface area contributed by atoms with E-state index in [-0.39, 0.29) is 24.6 Å². The predicted molar refractivity (Wildman–Crippen MR) is 93.7 cm³/mol. The number of rotatable bonds is 5.